The first-order valence-corrected chi connectivity index (χ1v) is 9.25. The van der Waals surface area contributed by atoms with Crippen LogP contribution in [0.4, 0.5) is 11.5 Å². The fourth-order valence-corrected chi connectivity index (χ4v) is 4.14. The molecule has 1 unspecified atom stereocenters. The third-order valence-corrected chi connectivity index (χ3v) is 5.65. The fraction of sp³-hybridized carbons (Fsp3) is 0.130. The van der Waals surface area contributed by atoms with E-state index < -0.39 is 5.69 Å². The zero-order valence-electron chi connectivity index (χ0n) is 15.6. The van der Waals surface area contributed by atoms with Gasteiger partial charge in [-0.2, -0.15) is 0 Å². The molecule has 0 amide bonds. The average molecular weight is 369 g/mol. The van der Waals surface area contributed by atoms with Crippen LogP contribution < -0.4 is 16.6 Å². The molecule has 28 heavy (non-hydrogen) atoms. The average Bonchev–Trinajstić information content (AvgIpc) is 2.68. The molecule has 0 radical (unpaired) electrons. The molecular weight excluding hydrogens is 350 g/mol. The van der Waals surface area contributed by atoms with E-state index in [0.717, 1.165) is 27.6 Å². The van der Waals surface area contributed by atoms with Crippen molar-refractivity contribution in [2.45, 2.75) is 19.8 Å². The molecule has 1 atom stereocenters. The minimum Gasteiger partial charge on any atom is -0.341 e. The van der Waals surface area contributed by atoms with Crippen LogP contribution in [0.2, 0.25) is 0 Å². The van der Waals surface area contributed by atoms with Crippen LogP contribution in [0.15, 0.2) is 64.2 Å². The Balaban J connectivity index is 1.91. The number of benzene rings is 3. The lowest BCUT2D eigenvalue weighted by Gasteiger charge is -2.30. The Morgan fingerprint density at radius 1 is 0.821 bits per heavy atom. The van der Waals surface area contributed by atoms with Gasteiger partial charge in [0.2, 0.25) is 0 Å². The zero-order chi connectivity index (χ0) is 19.4. The Morgan fingerprint density at radius 3 is 2.46 bits per heavy atom. The third kappa shape index (κ3) is 2.40. The molecule has 3 N–H and O–H groups in total. The van der Waals surface area contributed by atoms with Crippen LogP contribution in [-0.2, 0) is 0 Å². The second-order valence-corrected chi connectivity index (χ2v) is 7.35. The van der Waals surface area contributed by atoms with Gasteiger partial charge in [-0.3, -0.25) is 14.8 Å². The molecule has 3 aromatic carbocycles. The SMILES string of the molecule is Cc1ccc(C2c3c([nH]c(=O)[nH]c3=O)Nc3ccc4ccccc4c32)cc1C. The summed E-state index contributed by atoms with van der Waals surface area (Å²) < 4.78 is 0. The molecule has 1 aromatic heterocycles. The molecule has 5 heteroatoms. The molecule has 5 nitrogen and oxygen atoms in total. The Hall–Kier alpha value is -3.60. The van der Waals surface area contributed by atoms with Gasteiger partial charge in [-0.25, -0.2) is 4.79 Å². The first-order chi connectivity index (χ1) is 13.5. The van der Waals surface area contributed by atoms with Crippen LogP contribution in [0.25, 0.3) is 10.8 Å². The molecule has 0 spiro atoms. The lowest BCUT2D eigenvalue weighted by Crippen LogP contribution is -2.32. The molecule has 0 saturated heterocycles. The predicted octanol–water partition coefficient (Wildman–Crippen LogP) is 4.07. The molecule has 0 fully saturated rings. The molecule has 0 aliphatic carbocycles. The first kappa shape index (κ1) is 16.6. The van der Waals surface area contributed by atoms with Gasteiger partial charge < -0.3 is 5.32 Å². The summed E-state index contributed by atoms with van der Waals surface area (Å²) in [6.07, 6.45) is 0. The number of anilines is 2. The van der Waals surface area contributed by atoms with E-state index in [9.17, 15) is 9.59 Å². The van der Waals surface area contributed by atoms with Gasteiger partial charge in [0.25, 0.3) is 5.56 Å². The van der Waals surface area contributed by atoms with Crippen LogP contribution in [0, 0.1) is 13.8 Å². The highest BCUT2D eigenvalue weighted by Crippen LogP contribution is 2.45. The van der Waals surface area contributed by atoms with Crippen LogP contribution in [-0.4, -0.2) is 9.97 Å². The van der Waals surface area contributed by atoms with Gasteiger partial charge in [0.15, 0.2) is 0 Å². The summed E-state index contributed by atoms with van der Waals surface area (Å²) in [5.74, 6) is 0.178. The topological polar surface area (TPSA) is 77.8 Å². The molecule has 1 aliphatic rings. The molecular formula is C23H19N3O2. The van der Waals surface area contributed by atoms with E-state index in [1.165, 1.54) is 11.1 Å². The number of rotatable bonds is 1. The first-order valence-electron chi connectivity index (χ1n) is 9.25. The maximum absolute atomic E-state index is 12.9. The summed E-state index contributed by atoms with van der Waals surface area (Å²) in [4.78, 5) is 29.9. The number of H-pyrrole nitrogens is 2. The van der Waals surface area contributed by atoms with E-state index in [1.54, 1.807) is 0 Å². The van der Waals surface area contributed by atoms with Gasteiger partial charge in [-0.05, 0) is 52.9 Å². The number of fused-ring (bicyclic) bond motifs is 4. The molecule has 5 rings (SSSR count). The number of aromatic amines is 2. The van der Waals surface area contributed by atoms with Crippen molar-refractivity contribution in [3.05, 3.63) is 103 Å². The van der Waals surface area contributed by atoms with Crippen LogP contribution in [0.1, 0.15) is 33.7 Å². The van der Waals surface area contributed by atoms with E-state index in [2.05, 4.69) is 65.5 Å². The van der Waals surface area contributed by atoms with Crippen molar-refractivity contribution >= 4 is 22.3 Å². The van der Waals surface area contributed by atoms with Crippen molar-refractivity contribution in [2.75, 3.05) is 5.32 Å². The minimum absolute atomic E-state index is 0.280. The molecule has 0 saturated carbocycles. The summed E-state index contributed by atoms with van der Waals surface area (Å²) in [5.41, 5.74) is 4.99. The third-order valence-electron chi connectivity index (χ3n) is 5.65. The maximum atomic E-state index is 12.9. The van der Waals surface area contributed by atoms with Crippen molar-refractivity contribution < 1.29 is 0 Å². The van der Waals surface area contributed by atoms with Crippen molar-refractivity contribution in [3.8, 4) is 0 Å². The lowest BCUT2D eigenvalue weighted by molar-refractivity contribution is 0.891. The Morgan fingerprint density at radius 2 is 1.64 bits per heavy atom. The van der Waals surface area contributed by atoms with Gasteiger partial charge in [-0.1, -0.05) is 48.5 Å². The minimum atomic E-state index is -0.515. The summed E-state index contributed by atoms with van der Waals surface area (Å²) in [7, 11) is 0. The van der Waals surface area contributed by atoms with E-state index in [-0.39, 0.29) is 11.5 Å². The number of aryl methyl sites for hydroxylation is 2. The van der Waals surface area contributed by atoms with Crippen molar-refractivity contribution in [1.29, 1.82) is 0 Å². The van der Waals surface area contributed by atoms with Gasteiger partial charge in [0.05, 0.1) is 5.56 Å². The smallest absolute Gasteiger partial charge is 0.327 e. The molecule has 2 heterocycles. The van der Waals surface area contributed by atoms with E-state index in [4.69, 9.17) is 0 Å². The number of hydrogen-bond donors (Lipinski definition) is 3. The number of aromatic nitrogens is 2. The standard InChI is InChI=1S/C23H19N3O2/c1-12-7-8-15(11-13(12)2)18-19-16-6-4-3-5-14(16)9-10-17(19)24-21-20(18)22(27)26-23(28)25-21/h3-11,18H,1-2H3,(H3,24,25,26,27,28). The summed E-state index contributed by atoms with van der Waals surface area (Å²) in [6, 6.07) is 18.5. The van der Waals surface area contributed by atoms with E-state index >= 15 is 0 Å². The number of hydrogen-bond acceptors (Lipinski definition) is 3. The van der Waals surface area contributed by atoms with Crippen LogP contribution >= 0.6 is 0 Å². The van der Waals surface area contributed by atoms with Crippen molar-refractivity contribution in [1.82, 2.24) is 9.97 Å². The van der Waals surface area contributed by atoms with Crippen molar-refractivity contribution in [3.63, 3.8) is 0 Å². The quantitative estimate of drug-likeness (QED) is 0.417. The maximum Gasteiger partial charge on any atom is 0.327 e. The van der Waals surface area contributed by atoms with Gasteiger partial charge in [0, 0.05) is 11.6 Å². The molecule has 138 valence electrons. The van der Waals surface area contributed by atoms with Crippen molar-refractivity contribution in [2.24, 2.45) is 0 Å². The predicted molar refractivity (Wildman–Crippen MR) is 112 cm³/mol. The van der Waals surface area contributed by atoms with Gasteiger partial charge >= 0.3 is 5.69 Å². The molecule has 1 aliphatic heterocycles. The summed E-state index contributed by atoms with van der Waals surface area (Å²) >= 11 is 0. The zero-order valence-corrected chi connectivity index (χ0v) is 15.6. The second kappa shape index (κ2) is 5.96. The van der Waals surface area contributed by atoms with E-state index in [0.29, 0.717) is 11.4 Å². The summed E-state index contributed by atoms with van der Waals surface area (Å²) in [6.45, 7) is 4.14. The van der Waals surface area contributed by atoms with Gasteiger partial charge in [0.1, 0.15) is 5.82 Å². The highest BCUT2D eigenvalue weighted by Gasteiger charge is 2.32. The highest BCUT2D eigenvalue weighted by atomic mass is 16.2. The fourth-order valence-electron chi connectivity index (χ4n) is 4.14. The summed E-state index contributed by atoms with van der Waals surface area (Å²) in [5, 5.41) is 5.47. The normalized spacial score (nSPS) is 15.0. The monoisotopic (exact) mass is 369 g/mol. The highest BCUT2D eigenvalue weighted by molar-refractivity contribution is 5.94. The Bertz CT molecular complexity index is 1360. The molecule has 0 bridgehead atoms. The second-order valence-electron chi connectivity index (χ2n) is 7.35. The van der Waals surface area contributed by atoms with Crippen LogP contribution in [0.5, 0.6) is 0 Å². The van der Waals surface area contributed by atoms with Gasteiger partial charge in [-0.15, -0.1) is 0 Å². The molecule has 4 aromatic rings. The van der Waals surface area contributed by atoms with Crippen LogP contribution in [0.3, 0.4) is 0 Å². The Kier molecular flexibility index (Phi) is 3.52. The van der Waals surface area contributed by atoms with E-state index in [1.807, 2.05) is 18.2 Å². The largest absolute Gasteiger partial charge is 0.341 e. The Labute approximate surface area is 161 Å². The lowest BCUT2D eigenvalue weighted by atomic mass is 9.79. The number of nitrogens with one attached hydrogen (secondary N) is 3.